The Bertz CT molecular complexity index is 544. The first-order chi connectivity index (χ1) is 9.78. The average molecular weight is 332 g/mol. The Labute approximate surface area is 130 Å². The Morgan fingerprint density at radius 3 is 2.38 bits per heavy atom. The summed E-state index contributed by atoms with van der Waals surface area (Å²) in [5.74, 6) is 1.45. The fourth-order valence-electron chi connectivity index (χ4n) is 2.01. The van der Waals surface area contributed by atoms with E-state index < -0.39 is 15.8 Å². The molecule has 0 amide bonds. The third kappa shape index (κ3) is 3.50. The van der Waals surface area contributed by atoms with E-state index in [4.69, 9.17) is 0 Å². The summed E-state index contributed by atoms with van der Waals surface area (Å²) in [5.41, 5.74) is -0.280. The van der Waals surface area contributed by atoms with E-state index in [0.29, 0.717) is 11.6 Å². The van der Waals surface area contributed by atoms with Crippen LogP contribution in [-0.4, -0.2) is 36.5 Å². The van der Waals surface area contributed by atoms with E-state index >= 15 is 0 Å². The summed E-state index contributed by atoms with van der Waals surface area (Å²) in [7, 11) is 3.94. The number of benzene rings is 1. The van der Waals surface area contributed by atoms with E-state index in [1.165, 1.54) is 29.6 Å². The number of rotatable bonds is 2. The Kier molecular flexibility index (Phi) is 4.81. The molecule has 0 spiro atoms. The van der Waals surface area contributed by atoms with E-state index in [1.807, 2.05) is 14.1 Å². The summed E-state index contributed by atoms with van der Waals surface area (Å²) in [4.78, 5) is 2.08. The quantitative estimate of drug-likeness (QED) is 0.823. The van der Waals surface area contributed by atoms with Gasteiger partial charge in [0.1, 0.15) is 0 Å². The topological polar surface area (TPSA) is 27.0 Å². The molecule has 2 rings (SSSR count). The van der Waals surface area contributed by atoms with Gasteiger partial charge >= 0.3 is 6.18 Å². The van der Waals surface area contributed by atoms with Crippen molar-refractivity contribution in [3.63, 3.8) is 0 Å². The lowest BCUT2D eigenvalue weighted by atomic mass is 10.1. The Morgan fingerprint density at radius 1 is 1.29 bits per heavy atom. The maximum absolute atomic E-state index is 12.8. The first-order valence-electron chi connectivity index (χ1n) is 6.32. The molecule has 1 saturated heterocycles. The van der Waals surface area contributed by atoms with Crippen molar-refractivity contribution in [1.82, 2.24) is 4.90 Å². The van der Waals surface area contributed by atoms with Crippen molar-refractivity contribution < 1.29 is 13.2 Å². The lowest BCUT2D eigenvalue weighted by molar-refractivity contribution is -0.137. The fourth-order valence-corrected chi connectivity index (χ4v) is 5.30. The molecule has 1 fully saturated rings. The molecule has 1 heterocycles. The minimum atomic E-state index is -4.39. The SMILES string of the molecule is CN(C)C1CSC(C#N)(c2cccc(C(F)(F)F)c2)SC1. The minimum Gasteiger partial charge on any atom is -0.305 e. The highest BCUT2D eigenvalue weighted by Gasteiger charge is 2.41. The first kappa shape index (κ1) is 16.5. The fraction of sp³-hybridized carbons (Fsp3) is 0.500. The summed E-state index contributed by atoms with van der Waals surface area (Å²) in [6.45, 7) is 0. The van der Waals surface area contributed by atoms with Crippen molar-refractivity contribution >= 4 is 23.5 Å². The zero-order valence-corrected chi connectivity index (χ0v) is 13.3. The molecule has 1 aliphatic heterocycles. The number of alkyl halides is 3. The van der Waals surface area contributed by atoms with Crippen molar-refractivity contribution in [1.29, 1.82) is 5.26 Å². The summed E-state index contributed by atoms with van der Waals surface area (Å²) in [5, 5.41) is 9.53. The number of hydrogen-bond acceptors (Lipinski definition) is 4. The predicted molar refractivity (Wildman–Crippen MR) is 81.1 cm³/mol. The molecule has 7 heteroatoms. The van der Waals surface area contributed by atoms with E-state index in [9.17, 15) is 18.4 Å². The Morgan fingerprint density at radius 2 is 1.90 bits per heavy atom. The van der Waals surface area contributed by atoms with Gasteiger partial charge in [-0.05, 0) is 31.8 Å². The molecule has 114 valence electrons. The Hall–Kier alpha value is -0.840. The molecule has 0 aliphatic carbocycles. The monoisotopic (exact) mass is 332 g/mol. The first-order valence-corrected chi connectivity index (χ1v) is 8.29. The third-order valence-corrected chi connectivity index (χ3v) is 6.68. The van der Waals surface area contributed by atoms with Gasteiger partial charge in [0.25, 0.3) is 0 Å². The zero-order valence-electron chi connectivity index (χ0n) is 11.6. The van der Waals surface area contributed by atoms with Crippen LogP contribution in [0.4, 0.5) is 13.2 Å². The van der Waals surface area contributed by atoms with Gasteiger partial charge in [0, 0.05) is 17.5 Å². The number of nitrogens with zero attached hydrogens (tertiary/aromatic N) is 2. The predicted octanol–water partition coefficient (Wildman–Crippen LogP) is 3.79. The van der Waals surface area contributed by atoms with Crippen LogP contribution in [0.15, 0.2) is 24.3 Å². The number of thioether (sulfide) groups is 2. The van der Waals surface area contributed by atoms with Gasteiger partial charge in [-0.1, -0.05) is 12.1 Å². The largest absolute Gasteiger partial charge is 0.416 e. The molecule has 1 aromatic rings. The molecule has 0 bridgehead atoms. The minimum absolute atomic E-state index is 0.326. The molecule has 0 radical (unpaired) electrons. The lowest BCUT2D eigenvalue weighted by Gasteiger charge is -2.37. The summed E-state index contributed by atoms with van der Waals surface area (Å²) in [6, 6.07) is 7.65. The van der Waals surface area contributed by atoms with E-state index in [2.05, 4.69) is 11.0 Å². The van der Waals surface area contributed by atoms with Crippen LogP contribution in [0.5, 0.6) is 0 Å². The average Bonchev–Trinajstić information content (AvgIpc) is 2.46. The van der Waals surface area contributed by atoms with Crippen LogP contribution in [0.1, 0.15) is 11.1 Å². The van der Waals surface area contributed by atoms with Crippen LogP contribution in [-0.2, 0) is 10.3 Å². The van der Waals surface area contributed by atoms with Gasteiger partial charge in [-0.15, -0.1) is 23.5 Å². The Balaban J connectivity index is 2.29. The van der Waals surface area contributed by atoms with Crippen LogP contribution in [0.3, 0.4) is 0 Å². The standard InChI is InChI=1S/C14H15F3N2S2/c1-19(2)12-7-20-13(9-18,21-8-12)10-4-3-5-11(6-10)14(15,16)17/h3-6,12H,7-8H2,1-2H3. The van der Waals surface area contributed by atoms with Gasteiger partial charge in [0.2, 0.25) is 0 Å². The van der Waals surface area contributed by atoms with Crippen LogP contribution < -0.4 is 0 Å². The van der Waals surface area contributed by atoms with E-state index in [-0.39, 0.29) is 0 Å². The van der Waals surface area contributed by atoms with Crippen LogP contribution in [0.2, 0.25) is 0 Å². The van der Waals surface area contributed by atoms with Crippen molar-refractivity contribution in [2.75, 3.05) is 25.6 Å². The van der Waals surface area contributed by atoms with E-state index in [0.717, 1.165) is 23.6 Å². The second-order valence-corrected chi connectivity index (χ2v) is 7.77. The van der Waals surface area contributed by atoms with Crippen molar-refractivity contribution in [3.05, 3.63) is 35.4 Å². The molecule has 1 aromatic carbocycles. The van der Waals surface area contributed by atoms with Gasteiger partial charge in [-0.25, -0.2) is 0 Å². The smallest absolute Gasteiger partial charge is 0.305 e. The summed E-state index contributed by atoms with van der Waals surface area (Å²) >= 11 is 2.82. The highest BCUT2D eigenvalue weighted by molar-refractivity contribution is 8.18. The second-order valence-electron chi connectivity index (χ2n) is 5.05. The van der Waals surface area contributed by atoms with Crippen molar-refractivity contribution in [3.8, 4) is 6.07 Å². The molecular formula is C14H15F3N2S2. The molecule has 0 unspecified atom stereocenters. The maximum atomic E-state index is 12.8. The van der Waals surface area contributed by atoms with Gasteiger partial charge in [0.15, 0.2) is 4.08 Å². The van der Waals surface area contributed by atoms with Crippen molar-refractivity contribution in [2.24, 2.45) is 0 Å². The molecule has 1 aliphatic rings. The zero-order chi connectivity index (χ0) is 15.7. The molecule has 0 saturated carbocycles. The van der Waals surface area contributed by atoms with Gasteiger partial charge in [-0.3, -0.25) is 0 Å². The molecule has 21 heavy (non-hydrogen) atoms. The van der Waals surface area contributed by atoms with Crippen LogP contribution in [0.25, 0.3) is 0 Å². The molecule has 0 N–H and O–H groups in total. The van der Waals surface area contributed by atoms with Crippen molar-refractivity contribution in [2.45, 2.75) is 16.3 Å². The van der Waals surface area contributed by atoms with Gasteiger partial charge < -0.3 is 4.90 Å². The molecule has 2 nitrogen and oxygen atoms in total. The molecule has 0 atom stereocenters. The third-order valence-electron chi connectivity index (χ3n) is 3.41. The maximum Gasteiger partial charge on any atom is 0.416 e. The van der Waals surface area contributed by atoms with Crippen LogP contribution >= 0.6 is 23.5 Å². The number of halogens is 3. The lowest BCUT2D eigenvalue weighted by Crippen LogP contribution is -2.39. The summed E-state index contributed by atoms with van der Waals surface area (Å²) < 4.78 is 37.5. The van der Waals surface area contributed by atoms with Gasteiger partial charge in [0.05, 0.1) is 11.6 Å². The summed E-state index contributed by atoms with van der Waals surface area (Å²) in [6.07, 6.45) is -4.39. The van der Waals surface area contributed by atoms with Crippen LogP contribution in [0, 0.1) is 11.3 Å². The molecular weight excluding hydrogens is 317 g/mol. The molecule has 0 aromatic heterocycles. The highest BCUT2D eigenvalue weighted by atomic mass is 32.2. The second kappa shape index (κ2) is 6.11. The number of nitriles is 1. The highest BCUT2D eigenvalue weighted by Crippen LogP contribution is 2.50. The van der Waals surface area contributed by atoms with E-state index in [1.54, 1.807) is 6.07 Å². The number of hydrogen-bond donors (Lipinski definition) is 0. The normalized spacial score (nSPS) is 26.6. The van der Waals surface area contributed by atoms with Gasteiger partial charge in [-0.2, -0.15) is 18.4 Å².